The lowest BCUT2D eigenvalue weighted by atomic mass is 10.0. The van der Waals surface area contributed by atoms with E-state index in [9.17, 15) is 9.59 Å². The first-order chi connectivity index (χ1) is 15.5. The van der Waals surface area contributed by atoms with Crippen LogP contribution < -0.4 is 10.1 Å². The van der Waals surface area contributed by atoms with Gasteiger partial charge in [-0.2, -0.15) is 0 Å². The zero-order valence-electron chi connectivity index (χ0n) is 19.6. The molecule has 1 atom stereocenters. The van der Waals surface area contributed by atoms with Crippen molar-refractivity contribution in [2.24, 2.45) is 0 Å². The molecule has 5 nitrogen and oxygen atoms in total. The number of nitrogens with one attached hydrogen (secondary N) is 1. The minimum Gasteiger partial charge on any atom is -0.497 e. The standard InChI is InChI=1S/C27H36N2O3/c1-4-25(27(31)28-23-7-5-6-8-23)29(19-22-13-16-24(32-3)17-14-22)26(30)18-15-21-11-9-20(2)10-12-21/h9-14,16-17,23,25H,4-8,15,18-19H2,1-3H3,(H,28,31)/t25-/m1/s1. The highest BCUT2D eigenvalue weighted by Gasteiger charge is 2.30. The molecule has 32 heavy (non-hydrogen) atoms. The zero-order chi connectivity index (χ0) is 22.9. The van der Waals surface area contributed by atoms with E-state index >= 15 is 0 Å². The largest absolute Gasteiger partial charge is 0.497 e. The van der Waals surface area contributed by atoms with Crippen molar-refractivity contribution in [3.05, 3.63) is 65.2 Å². The SMILES string of the molecule is CC[C@H](C(=O)NC1CCCC1)N(Cc1ccc(OC)cc1)C(=O)CCc1ccc(C)cc1. The van der Waals surface area contributed by atoms with Crippen LogP contribution in [0.4, 0.5) is 0 Å². The van der Waals surface area contributed by atoms with Gasteiger partial charge in [0.05, 0.1) is 7.11 Å². The van der Waals surface area contributed by atoms with Gasteiger partial charge in [-0.1, -0.05) is 61.7 Å². The molecule has 0 spiro atoms. The molecule has 1 N–H and O–H groups in total. The molecule has 0 radical (unpaired) electrons. The lowest BCUT2D eigenvalue weighted by molar-refractivity contribution is -0.141. The molecule has 1 aliphatic rings. The van der Waals surface area contributed by atoms with E-state index in [1.165, 1.54) is 5.56 Å². The van der Waals surface area contributed by atoms with Crippen molar-refractivity contribution in [3.8, 4) is 5.75 Å². The molecule has 0 aliphatic heterocycles. The van der Waals surface area contributed by atoms with Gasteiger partial charge < -0.3 is 15.0 Å². The Bertz CT molecular complexity index is 871. The third kappa shape index (κ3) is 6.59. The Kier molecular flexibility index (Phi) is 8.72. The van der Waals surface area contributed by atoms with Gasteiger partial charge in [-0.15, -0.1) is 0 Å². The van der Waals surface area contributed by atoms with Gasteiger partial charge in [0.15, 0.2) is 0 Å². The quantitative estimate of drug-likeness (QED) is 0.582. The van der Waals surface area contributed by atoms with Crippen molar-refractivity contribution in [1.82, 2.24) is 10.2 Å². The number of aryl methyl sites for hydroxylation is 2. The van der Waals surface area contributed by atoms with Gasteiger partial charge in [-0.3, -0.25) is 9.59 Å². The molecule has 0 unspecified atom stereocenters. The summed E-state index contributed by atoms with van der Waals surface area (Å²) in [7, 11) is 1.64. The summed E-state index contributed by atoms with van der Waals surface area (Å²) < 4.78 is 5.25. The van der Waals surface area contributed by atoms with Crippen LogP contribution in [0.5, 0.6) is 5.75 Å². The number of carbonyl (C=O) groups excluding carboxylic acids is 2. The molecular formula is C27H36N2O3. The fourth-order valence-electron chi connectivity index (χ4n) is 4.36. The third-order valence-corrected chi connectivity index (χ3v) is 6.35. The van der Waals surface area contributed by atoms with E-state index < -0.39 is 6.04 Å². The molecule has 2 aromatic carbocycles. The topological polar surface area (TPSA) is 58.6 Å². The van der Waals surface area contributed by atoms with Gasteiger partial charge in [0, 0.05) is 19.0 Å². The minimum atomic E-state index is -0.469. The number of methoxy groups -OCH3 is 1. The number of benzene rings is 2. The van der Waals surface area contributed by atoms with Gasteiger partial charge in [-0.25, -0.2) is 0 Å². The summed E-state index contributed by atoms with van der Waals surface area (Å²) in [5, 5.41) is 3.20. The minimum absolute atomic E-state index is 0.00909. The highest BCUT2D eigenvalue weighted by Crippen LogP contribution is 2.21. The van der Waals surface area contributed by atoms with Gasteiger partial charge in [-0.05, 0) is 55.9 Å². The van der Waals surface area contributed by atoms with E-state index in [1.807, 2.05) is 31.2 Å². The Balaban J connectivity index is 1.74. The molecule has 0 heterocycles. The van der Waals surface area contributed by atoms with Crippen LogP contribution in [0.1, 0.15) is 62.1 Å². The lowest BCUT2D eigenvalue weighted by Gasteiger charge is -2.31. The van der Waals surface area contributed by atoms with Crippen LogP contribution in [0.25, 0.3) is 0 Å². The zero-order valence-corrected chi connectivity index (χ0v) is 19.6. The molecule has 0 bridgehead atoms. The van der Waals surface area contributed by atoms with Crippen molar-refractivity contribution in [1.29, 1.82) is 0 Å². The molecule has 1 fully saturated rings. The Hall–Kier alpha value is -2.82. The van der Waals surface area contributed by atoms with Crippen molar-refractivity contribution >= 4 is 11.8 Å². The third-order valence-electron chi connectivity index (χ3n) is 6.35. The number of ether oxygens (including phenoxy) is 1. The number of carbonyl (C=O) groups is 2. The van der Waals surface area contributed by atoms with E-state index in [4.69, 9.17) is 4.74 Å². The number of hydrogen-bond donors (Lipinski definition) is 1. The monoisotopic (exact) mass is 436 g/mol. The Labute approximate surface area is 192 Å². The van der Waals surface area contributed by atoms with Crippen LogP contribution in [0, 0.1) is 6.92 Å². The van der Waals surface area contributed by atoms with E-state index in [1.54, 1.807) is 12.0 Å². The maximum atomic E-state index is 13.4. The highest BCUT2D eigenvalue weighted by atomic mass is 16.5. The Morgan fingerprint density at radius 1 is 1.03 bits per heavy atom. The second-order valence-corrected chi connectivity index (χ2v) is 8.77. The van der Waals surface area contributed by atoms with Crippen molar-refractivity contribution in [3.63, 3.8) is 0 Å². The van der Waals surface area contributed by atoms with Gasteiger partial charge in [0.1, 0.15) is 11.8 Å². The van der Waals surface area contributed by atoms with Crippen LogP contribution >= 0.6 is 0 Å². The second-order valence-electron chi connectivity index (χ2n) is 8.77. The van der Waals surface area contributed by atoms with Gasteiger partial charge in [0.2, 0.25) is 11.8 Å². The predicted molar refractivity (Wildman–Crippen MR) is 128 cm³/mol. The summed E-state index contributed by atoms with van der Waals surface area (Å²) in [6, 6.07) is 15.7. The highest BCUT2D eigenvalue weighted by molar-refractivity contribution is 5.88. The summed E-state index contributed by atoms with van der Waals surface area (Å²) in [5.41, 5.74) is 3.33. The first-order valence-corrected chi connectivity index (χ1v) is 11.8. The fourth-order valence-corrected chi connectivity index (χ4v) is 4.36. The summed E-state index contributed by atoms with van der Waals surface area (Å²) in [6.45, 7) is 4.45. The molecule has 172 valence electrons. The summed E-state index contributed by atoms with van der Waals surface area (Å²) >= 11 is 0. The summed E-state index contributed by atoms with van der Waals surface area (Å²) in [4.78, 5) is 28.3. The average Bonchev–Trinajstić information content (AvgIpc) is 3.31. The normalized spacial score (nSPS) is 14.7. The first-order valence-electron chi connectivity index (χ1n) is 11.8. The molecule has 1 saturated carbocycles. The first kappa shape index (κ1) is 23.8. The molecule has 0 aromatic heterocycles. The van der Waals surface area contributed by atoms with Crippen LogP contribution in [0.15, 0.2) is 48.5 Å². The number of amides is 2. The smallest absolute Gasteiger partial charge is 0.243 e. The number of hydrogen-bond acceptors (Lipinski definition) is 3. The van der Waals surface area contributed by atoms with E-state index in [2.05, 4.69) is 36.5 Å². The maximum Gasteiger partial charge on any atom is 0.243 e. The van der Waals surface area contributed by atoms with Crippen LogP contribution in [-0.2, 0) is 22.6 Å². The maximum absolute atomic E-state index is 13.4. The molecule has 5 heteroatoms. The van der Waals surface area contributed by atoms with Crippen molar-refractivity contribution < 1.29 is 14.3 Å². The fraction of sp³-hybridized carbons (Fsp3) is 0.481. The van der Waals surface area contributed by atoms with Crippen molar-refractivity contribution in [2.45, 2.75) is 77.4 Å². The number of rotatable bonds is 10. The Morgan fingerprint density at radius 2 is 1.66 bits per heavy atom. The van der Waals surface area contributed by atoms with E-state index in [0.29, 0.717) is 25.8 Å². The molecule has 2 amide bonds. The molecule has 3 rings (SSSR count). The van der Waals surface area contributed by atoms with Crippen LogP contribution in [0.2, 0.25) is 0 Å². The van der Waals surface area contributed by atoms with E-state index in [0.717, 1.165) is 42.6 Å². The molecule has 1 aliphatic carbocycles. The number of nitrogens with zero attached hydrogens (tertiary/aromatic N) is 1. The van der Waals surface area contributed by atoms with Crippen LogP contribution in [-0.4, -0.2) is 35.9 Å². The van der Waals surface area contributed by atoms with Crippen molar-refractivity contribution in [2.75, 3.05) is 7.11 Å². The molecule has 0 saturated heterocycles. The summed E-state index contributed by atoms with van der Waals surface area (Å²) in [5.74, 6) is 0.753. The summed E-state index contributed by atoms with van der Waals surface area (Å²) in [6.07, 6.45) is 6.01. The second kappa shape index (κ2) is 11.7. The molecular weight excluding hydrogens is 400 g/mol. The molecule has 2 aromatic rings. The average molecular weight is 437 g/mol. The van der Waals surface area contributed by atoms with E-state index in [-0.39, 0.29) is 17.9 Å². The van der Waals surface area contributed by atoms with Gasteiger partial charge in [0.25, 0.3) is 0 Å². The lowest BCUT2D eigenvalue weighted by Crippen LogP contribution is -2.51. The van der Waals surface area contributed by atoms with Crippen LogP contribution in [0.3, 0.4) is 0 Å². The predicted octanol–water partition coefficient (Wildman–Crippen LogP) is 4.80. The Morgan fingerprint density at radius 3 is 2.25 bits per heavy atom. The van der Waals surface area contributed by atoms with Gasteiger partial charge >= 0.3 is 0 Å².